The first-order chi connectivity index (χ1) is 9.35. The molecule has 2 atom stereocenters. The van der Waals surface area contributed by atoms with E-state index in [1.54, 1.807) is 0 Å². The van der Waals surface area contributed by atoms with Crippen molar-refractivity contribution in [3.8, 4) is 0 Å². The van der Waals surface area contributed by atoms with E-state index in [1.165, 1.54) is 11.3 Å². The fourth-order valence-electron chi connectivity index (χ4n) is 2.22. The van der Waals surface area contributed by atoms with Crippen molar-refractivity contribution in [2.75, 3.05) is 13.1 Å². The number of thiophene rings is 1. The first-order valence-corrected chi connectivity index (χ1v) is 8.08. The Hall–Kier alpha value is -0.620. The van der Waals surface area contributed by atoms with Gasteiger partial charge in [-0.3, -0.25) is 9.69 Å². The van der Waals surface area contributed by atoms with Gasteiger partial charge in [0.1, 0.15) is 0 Å². The summed E-state index contributed by atoms with van der Waals surface area (Å²) >= 11 is 7.53. The van der Waals surface area contributed by atoms with E-state index >= 15 is 0 Å². The zero-order chi connectivity index (χ0) is 15.3. The van der Waals surface area contributed by atoms with Gasteiger partial charge in [-0.15, -0.1) is 11.3 Å². The molecule has 0 fully saturated rings. The summed E-state index contributed by atoms with van der Waals surface area (Å²) in [5.74, 6) is 0.0233. The molecule has 114 valence electrons. The number of amides is 1. The second-order valence-corrected chi connectivity index (χ2v) is 6.98. The van der Waals surface area contributed by atoms with E-state index in [9.17, 15) is 4.79 Å². The van der Waals surface area contributed by atoms with Gasteiger partial charge in [-0.2, -0.15) is 0 Å². The van der Waals surface area contributed by atoms with Gasteiger partial charge in [-0.1, -0.05) is 18.5 Å². The molecule has 3 N–H and O–H groups in total. The van der Waals surface area contributed by atoms with E-state index in [1.807, 2.05) is 39.8 Å². The minimum Gasteiger partial charge on any atom is -0.353 e. The highest BCUT2D eigenvalue weighted by Gasteiger charge is 2.26. The van der Waals surface area contributed by atoms with Crippen molar-refractivity contribution in [3.05, 3.63) is 21.3 Å². The molecule has 4 nitrogen and oxygen atoms in total. The van der Waals surface area contributed by atoms with Crippen LogP contribution < -0.4 is 11.1 Å². The smallest absolute Gasteiger partial charge is 0.234 e. The minimum atomic E-state index is -0.0727. The van der Waals surface area contributed by atoms with Gasteiger partial charge < -0.3 is 11.1 Å². The quantitative estimate of drug-likeness (QED) is 0.813. The van der Waals surface area contributed by atoms with Crippen LogP contribution in [-0.4, -0.2) is 36.0 Å². The molecule has 0 aliphatic carbocycles. The monoisotopic (exact) mass is 317 g/mol. The third kappa shape index (κ3) is 5.05. The average molecular weight is 318 g/mol. The van der Waals surface area contributed by atoms with Gasteiger partial charge in [-0.25, -0.2) is 0 Å². The Bertz CT molecular complexity index is 434. The molecule has 0 aromatic carbocycles. The lowest BCUT2D eigenvalue weighted by molar-refractivity contribution is -0.123. The fourth-order valence-corrected chi connectivity index (χ4v) is 3.53. The highest BCUT2D eigenvalue weighted by atomic mass is 35.5. The van der Waals surface area contributed by atoms with Crippen molar-refractivity contribution in [1.29, 1.82) is 0 Å². The molecule has 0 radical (unpaired) electrons. The number of halogens is 1. The van der Waals surface area contributed by atoms with Crippen LogP contribution >= 0.6 is 22.9 Å². The van der Waals surface area contributed by atoms with Gasteiger partial charge in [0.25, 0.3) is 0 Å². The standard InChI is InChI=1S/C14H24ClN3OS/c1-5-18(8-13(19)17-9(2)3)14(10(4)16)11-6-7-12(15)20-11/h6-7,9-10,14H,5,8,16H2,1-4H3,(H,17,19). The molecular formula is C14H24ClN3OS. The van der Waals surface area contributed by atoms with Crippen molar-refractivity contribution in [3.63, 3.8) is 0 Å². The summed E-state index contributed by atoms with van der Waals surface area (Å²) in [7, 11) is 0. The normalized spacial score (nSPS) is 14.6. The molecular weight excluding hydrogens is 294 g/mol. The van der Waals surface area contributed by atoms with Crippen molar-refractivity contribution >= 4 is 28.8 Å². The number of likely N-dealkylation sites (N-methyl/N-ethyl adjacent to an activating group) is 1. The van der Waals surface area contributed by atoms with Gasteiger partial charge in [0, 0.05) is 17.0 Å². The maximum absolute atomic E-state index is 12.0. The number of carbonyl (C=O) groups excluding carboxylic acids is 1. The molecule has 20 heavy (non-hydrogen) atoms. The number of nitrogens with one attached hydrogen (secondary N) is 1. The van der Waals surface area contributed by atoms with Crippen molar-refractivity contribution in [2.45, 2.75) is 45.8 Å². The van der Waals surface area contributed by atoms with Crippen LogP contribution in [0.5, 0.6) is 0 Å². The van der Waals surface area contributed by atoms with Crippen LogP contribution in [-0.2, 0) is 4.79 Å². The van der Waals surface area contributed by atoms with Crippen molar-refractivity contribution in [1.82, 2.24) is 10.2 Å². The van der Waals surface area contributed by atoms with Gasteiger partial charge in [0.05, 0.1) is 16.9 Å². The van der Waals surface area contributed by atoms with Crippen LogP contribution in [0.1, 0.15) is 38.6 Å². The maximum Gasteiger partial charge on any atom is 0.234 e. The van der Waals surface area contributed by atoms with E-state index in [-0.39, 0.29) is 24.0 Å². The van der Waals surface area contributed by atoms with Gasteiger partial charge in [-0.05, 0) is 39.4 Å². The summed E-state index contributed by atoms with van der Waals surface area (Å²) in [6.45, 7) is 9.00. The third-order valence-corrected chi connectivity index (χ3v) is 4.28. The first kappa shape index (κ1) is 17.4. The van der Waals surface area contributed by atoms with Crippen molar-refractivity contribution < 1.29 is 4.79 Å². The molecule has 1 aromatic heterocycles. The van der Waals surface area contributed by atoms with E-state index in [2.05, 4.69) is 10.2 Å². The number of hydrogen-bond donors (Lipinski definition) is 2. The number of rotatable bonds is 7. The SMILES string of the molecule is CCN(CC(=O)NC(C)C)C(c1ccc(Cl)s1)C(C)N. The third-order valence-electron chi connectivity index (χ3n) is 2.98. The number of nitrogens with two attached hydrogens (primary N) is 1. The lowest BCUT2D eigenvalue weighted by Gasteiger charge is -2.32. The topological polar surface area (TPSA) is 58.4 Å². The Labute approximate surface area is 130 Å². The number of nitrogens with zero attached hydrogens (tertiary/aromatic N) is 1. The minimum absolute atomic E-state index is 0.00964. The summed E-state index contributed by atoms with van der Waals surface area (Å²) < 4.78 is 0.744. The maximum atomic E-state index is 12.0. The molecule has 1 aromatic rings. The van der Waals surface area contributed by atoms with E-state index in [0.717, 1.165) is 15.8 Å². The summed E-state index contributed by atoms with van der Waals surface area (Å²) in [6, 6.07) is 3.95. The molecule has 0 saturated carbocycles. The van der Waals surface area contributed by atoms with Crippen LogP contribution in [0.2, 0.25) is 4.34 Å². The molecule has 0 aliphatic heterocycles. The summed E-state index contributed by atoms with van der Waals surface area (Å²) in [4.78, 5) is 15.2. The lowest BCUT2D eigenvalue weighted by atomic mass is 10.1. The molecule has 0 spiro atoms. The van der Waals surface area contributed by atoms with Crippen LogP contribution in [0.25, 0.3) is 0 Å². The predicted octanol–water partition coefficient (Wildman–Crippen LogP) is 2.64. The molecule has 0 bridgehead atoms. The van der Waals surface area contributed by atoms with Crippen molar-refractivity contribution in [2.24, 2.45) is 5.73 Å². The first-order valence-electron chi connectivity index (χ1n) is 6.89. The summed E-state index contributed by atoms with van der Waals surface area (Å²) in [5.41, 5.74) is 6.12. The van der Waals surface area contributed by atoms with Crippen LogP contribution in [0.4, 0.5) is 0 Å². The Kier molecular flexibility index (Phi) is 6.95. The molecule has 1 heterocycles. The van der Waals surface area contributed by atoms with E-state index < -0.39 is 0 Å². The second kappa shape index (κ2) is 7.98. The Morgan fingerprint density at radius 1 is 1.45 bits per heavy atom. The fraction of sp³-hybridized carbons (Fsp3) is 0.643. The van der Waals surface area contributed by atoms with Gasteiger partial charge >= 0.3 is 0 Å². The molecule has 1 amide bonds. The molecule has 2 unspecified atom stereocenters. The molecule has 6 heteroatoms. The Morgan fingerprint density at radius 3 is 2.50 bits per heavy atom. The largest absolute Gasteiger partial charge is 0.353 e. The highest BCUT2D eigenvalue weighted by molar-refractivity contribution is 7.16. The van der Waals surface area contributed by atoms with E-state index in [0.29, 0.717) is 6.54 Å². The van der Waals surface area contributed by atoms with Crippen LogP contribution in [0.3, 0.4) is 0 Å². The summed E-state index contributed by atoms with van der Waals surface area (Å²) in [6.07, 6.45) is 0. The van der Waals surface area contributed by atoms with Gasteiger partial charge in [0.15, 0.2) is 0 Å². The number of hydrogen-bond acceptors (Lipinski definition) is 4. The Morgan fingerprint density at radius 2 is 2.10 bits per heavy atom. The summed E-state index contributed by atoms with van der Waals surface area (Å²) in [5, 5.41) is 2.91. The van der Waals surface area contributed by atoms with Crippen LogP contribution in [0.15, 0.2) is 12.1 Å². The second-order valence-electron chi connectivity index (χ2n) is 5.23. The zero-order valence-corrected chi connectivity index (χ0v) is 14.1. The van der Waals surface area contributed by atoms with Gasteiger partial charge in [0.2, 0.25) is 5.91 Å². The predicted molar refractivity (Wildman–Crippen MR) is 86.2 cm³/mol. The van der Waals surface area contributed by atoms with Crippen LogP contribution in [0, 0.1) is 0 Å². The highest BCUT2D eigenvalue weighted by Crippen LogP contribution is 2.32. The lowest BCUT2D eigenvalue weighted by Crippen LogP contribution is -2.45. The zero-order valence-electron chi connectivity index (χ0n) is 12.5. The number of carbonyl (C=O) groups is 1. The molecule has 0 saturated heterocycles. The molecule has 1 rings (SSSR count). The van der Waals surface area contributed by atoms with E-state index in [4.69, 9.17) is 17.3 Å². The average Bonchev–Trinajstić information content (AvgIpc) is 2.73. The Balaban J connectivity index is 2.85. The molecule has 0 aliphatic rings.